The fourth-order valence-electron chi connectivity index (χ4n) is 2.20. The van der Waals surface area contributed by atoms with Gasteiger partial charge >= 0.3 is 0 Å². The lowest BCUT2D eigenvalue weighted by Gasteiger charge is -2.17. The van der Waals surface area contributed by atoms with Gasteiger partial charge in [-0.1, -0.05) is 48.9 Å². The molecule has 0 saturated carbocycles. The molecule has 0 aliphatic carbocycles. The maximum atomic E-state index is 5.47. The van der Waals surface area contributed by atoms with Crippen LogP contribution >= 0.6 is 9.39 Å². The third kappa shape index (κ3) is 12.6. The predicted molar refractivity (Wildman–Crippen MR) is 82.1 cm³/mol. The van der Waals surface area contributed by atoms with Crippen LogP contribution in [0.25, 0.3) is 0 Å². The smallest absolute Gasteiger partial charge is 0.00162 e. The van der Waals surface area contributed by atoms with Crippen LogP contribution in [0.5, 0.6) is 0 Å². The lowest BCUT2D eigenvalue weighted by Crippen LogP contribution is -2.15. The second kappa shape index (κ2) is 12.8. The molecule has 0 saturated heterocycles. The Hall–Kier alpha value is 0.350. The monoisotopic (exact) mass is 260 g/mol. The van der Waals surface area contributed by atoms with Gasteiger partial charge in [-0.3, -0.25) is 4.67 Å². The van der Waals surface area contributed by atoms with Crippen LogP contribution in [0.4, 0.5) is 0 Å². The first-order valence-electron chi connectivity index (χ1n) is 7.40. The molecule has 2 nitrogen and oxygen atoms in total. The molecule has 0 rings (SSSR count). The Bertz CT molecular complexity index is 153. The van der Waals surface area contributed by atoms with Gasteiger partial charge in [0.15, 0.2) is 0 Å². The summed E-state index contributed by atoms with van der Waals surface area (Å²) in [5, 5.41) is 0. The van der Waals surface area contributed by atoms with Gasteiger partial charge in [0, 0.05) is 13.1 Å². The normalized spacial score (nSPS) is 13.2. The molecule has 2 unspecified atom stereocenters. The summed E-state index contributed by atoms with van der Waals surface area (Å²) in [6, 6.07) is 0. The van der Waals surface area contributed by atoms with Crippen molar-refractivity contribution in [1.82, 2.24) is 4.67 Å². The molecule has 0 aliphatic rings. The number of hydrogen-bond donors (Lipinski definition) is 1. The van der Waals surface area contributed by atoms with Gasteiger partial charge in [-0.05, 0) is 38.1 Å². The Kier molecular flexibility index (Phi) is 13.1. The summed E-state index contributed by atoms with van der Waals surface area (Å²) in [6.45, 7) is 7.95. The van der Waals surface area contributed by atoms with Crippen molar-refractivity contribution in [1.29, 1.82) is 0 Å². The molecule has 0 aromatic rings. The van der Waals surface area contributed by atoms with Gasteiger partial charge < -0.3 is 5.73 Å². The Morgan fingerprint density at radius 1 is 1.00 bits per heavy atom. The van der Waals surface area contributed by atoms with Gasteiger partial charge in [-0.25, -0.2) is 0 Å². The van der Waals surface area contributed by atoms with Crippen molar-refractivity contribution in [2.45, 2.75) is 65.2 Å². The minimum atomic E-state index is 0.847. The zero-order valence-electron chi connectivity index (χ0n) is 12.0. The average molecular weight is 260 g/mol. The van der Waals surface area contributed by atoms with Gasteiger partial charge in [-0.15, -0.1) is 0 Å². The van der Waals surface area contributed by atoms with E-state index in [2.05, 4.69) is 27.9 Å². The predicted octanol–water partition coefficient (Wildman–Crippen LogP) is 3.81. The average Bonchev–Trinajstić information content (AvgIpc) is 2.29. The topological polar surface area (TPSA) is 29.3 Å². The lowest BCUT2D eigenvalue weighted by atomic mass is 10.0. The highest BCUT2D eigenvalue weighted by atomic mass is 31.0. The molecule has 0 aliphatic heterocycles. The SMILES string of the molecule is CCCC(C)CCCN(P)CCCCCCN. The van der Waals surface area contributed by atoms with Crippen molar-refractivity contribution in [3.8, 4) is 0 Å². The Morgan fingerprint density at radius 2 is 1.65 bits per heavy atom. The number of nitrogens with two attached hydrogens (primary N) is 1. The van der Waals surface area contributed by atoms with Gasteiger partial charge in [0.05, 0.1) is 0 Å². The van der Waals surface area contributed by atoms with E-state index in [4.69, 9.17) is 5.73 Å². The van der Waals surface area contributed by atoms with Gasteiger partial charge in [0.1, 0.15) is 0 Å². The lowest BCUT2D eigenvalue weighted by molar-refractivity contribution is 0.394. The van der Waals surface area contributed by atoms with E-state index in [1.807, 2.05) is 0 Å². The summed E-state index contributed by atoms with van der Waals surface area (Å²) in [5.74, 6) is 0.906. The minimum Gasteiger partial charge on any atom is -0.330 e. The minimum absolute atomic E-state index is 0.847. The molecule has 0 aromatic heterocycles. The van der Waals surface area contributed by atoms with E-state index < -0.39 is 0 Å². The Morgan fingerprint density at radius 3 is 2.29 bits per heavy atom. The molecule has 104 valence electrons. The maximum absolute atomic E-state index is 5.47. The van der Waals surface area contributed by atoms with Crippen LogP contribution in [0.2, 0.25) is 0 Å². The van der Waals surface area contributed by atoms with Crippen LogP contribution in [0.3, 0.4) is 0 Å². The van der Waals surface area contributed by atoms with Gasteiger partial charge in [0.2, 0.25) is 0 Å². The van der Waals surface area contributed by atoms with Crippen molar-refractivity contribution >= 4 is 9.39 Å². The Labute approximate surface area is 111 Å². The highest BCUT2D eigenvalue weighted by Crippen LogP contribution is 2.14. The van der Waals surface area contributed by atoms with Crippen LogP contribution in [0.15, 0.2) is 0 Å². The zero-order valence-corrected chi connectivity index (χ0v) is 13.1. The molecule has 3 heteroatoms. The second-order valence-corrected chi connectivity index (χ2v) is 6.01. The fourth-order valence-corrected chi connectivity index (χ4v) is 2.57. The molecule has 0 spiro atoms. The van der Waals surface area contributed by atoms with Gasteiger partial charge in [0.25, 0.3) is 0 Å². The number of hydrogen-bond acceptors (Lipinski definition) is 2. The first kappa shape index (κ1) is 17.4. The first-order valence-corrected chi connectivity index (χ1v) is 7.92. The van der Waals surface area contributed by atoms with E-state index in [1.165, 1.54) is 64.5 Å². The molecule has 0 radical (unpaired) electrons. The molecule has 0 amide bonds. The quantitative estimate of drug-likeness (QED) is 0.427. The summed E-state index contributed by atoms with van der Waals surface area (Å²) < 4.78 is 2.40. The molecule has 2 atom stereocenters. The van der Waals surface area contributed by atoms with Crippen molar-refractivity contribution in [2.24, 2.45) is 11.7 Å². The van der Waals surface area contributed by atoms with Crippen LogP contribution in [0.1, 0.15) is 65.2 Å². The standard InChI is InChI=1S/C14H33N2P/c1-3-9-14(2)10-8-13-16(17)12-7-5-4-6-11-15/h14H,3-13,15,17H2,1-2H3. The third-order valence-electron chi connectivity index (χ3n) is 3.32. The van der Waals surface area contributed by atoms with Crippen molar-refractivity contribution in [2.75, 3.05) is 19.6 Å². The summed E-state index contributed by atoms with van der Waals surface area (Å²) >= 11 is 0. The van der Waals surface area contributed by atoms with Gasteiger partial charge in [-0.2, -0.15) is 0 Å². The highest BCUT2D eigenvalue weighted by molar-refractivity contribution is 7.13. The van der Waals surface area contributed by atoms with E-state index in [0.717, 1.165) is 12.5 Å². The van der Waals surface area contributed by atoms with Crippen molar-refractivity contribution in [3.05, 3.63) is 0 Å². The molecule has 0 aromatic carbocycles. The third-order valence-corrected chi connectivity index (χ3v) is 3.84. The van der Waals surface area contributed by atoms with E-state index in [1.54, 1.807) is 0 Å². The second-order valence-electron chi connectivity index (χ2n) is 5.27. The molecule has 2 N–H and O–H groups in total. The maximum Gasteiger partial charge on any atom is 0.00162 e. The van der Waals surface area contributed by atoms with Crippen LogP contribution < -0.4 is 5.73 Å². The molecule has 0 fully saturated rings. The van der Waals surface area contributed by atoms with E-state index in [-0.39, 0.29) is 0 Å². The number of nitrogens with zero attached hydrogens (tertiary/aromatic N) is 1. The molecular weight excluding hydrogens is 227 g/mol. The van der Waals surface area contributed by atoms with E-state index in [0.29, 0.717) is 0 Å². The first-order chi connectivity index (χ1) is 8.20. The van der Waals surface area contributed by atoms with Crippen molar-refractivity contribution < 1.29 is 0 Å². The van der Waals surface area contributed by atoms with E-state index in [9.17, 15) is 0 Å². The van der Waals surface area contributed by atoms with Crippen LogP contribution in [-0.4, -0.2) is 24.3 Å². The van der Waals surface area contributed by atoms with Crippen molar-refractivity contribution in [3.63, 3.8) is 0 Å². The van der Waals surface area contributed by atoms with E-state index >= 15 is 0 Å². The van der Waals surface area contributed by atoms with Crippen LogP contribution in [-0.2, 0) is 0 Å². The summed E-state index contributed by atoms with van der Waals surface area (Å²) in [4.78, 5) is 0. The summed E-state index contributed by atoms with van der Waals surface area (Å²) in [5.41, 5.74) is 5.47. The van der Waals surface area contributed by atoms with Crippen LogP contribution in [0, 0.1) is 5.92 Å². The largest absolute Gasteiger partial charge is 0.330 e. The molecular formula is C14H33N2P. The zero-order chi connectivity index (χ0) is 12.9. The molecule has 0 heterocycles. The fraction of sp³-hybridized carbons (Fsp3) is 1.00. The summed E-state index contributed by atoms with van der Waals surface area (Å²) in [6.07, 6.45) is 10.6. The number of unbranched alkanes of at least 4 members (excludes halogenated alkanes) is 3. The summed E-state index contributed by atoms with van der Waals surface area (Å²) in [7, 11) is 2.87. The molecule has 0 bridgehead atoms. The number of rotatable bonds is 12. The Balaban J connectivity index is 3.25. The molecule has 17 heavy (non-hydrogen) atoms. The highest BCUT2D eigenvalue weighted by Gasteiger charge is 2.02.